The van der Waals surface area contributed by atoms with Crippen molar-refractivity contribution in [3.05, 3.63) is 29.6 Å². The molecule has 1 rings (SSSR count). The average Bonchev–Trinajstić information content (AvgIpc) is 2.37. The highest BCUT2D eigenvalue weighted by atomic mass is 32.2. The second-order valence-electron chi connectivity index (χ2n) is 4.40. The van der Waals surface area contributed by atoms with Crippen molar-refractivity contribution in [3.8, 4) is 5.75 Å². The number of hydrogen-bond acceptors (Lipinski definition) is 3. The van der Waals surface area contributed by atoms with E-state index in [0.717, 1.165) is 13.0 Å². The summed E-state index contributed by atoms with van der Waals surface area (Å²) in [5.74, 6) is 0.340. The zero-order valence-corrected chi connectivity index (χ0v) is 12.3. The third-order valence-corrected chi connectivity index (χ3v) is 4.12. The monoisotopic (exact) mass is 271 g/mol. The van der Waals surface area contributed by atoms with Crippen LogP contribution in [0.15, 0.2) is 18.2 Å². The maximum Gasteiger partial charge on any atom is 0.131 e. The first-order valence-electron chi connectivity index (χ1n) is 6.18. The van der Waals surface area contributed by atoms with Gasteiger partial charge in [0.25, 0.3) is 0 Å². The Kier molecular flexibility index (Phi) is 6.50. The largest absolute Gasteiger partial charge is 0.497 e. The number of hydrogen-bond donors (Lipinski definition) is 1. The summed E-state index contributed by atoms with van der Waals surface area (Å²) in [5, 5.41) is 3.98. The van der Waals surface area contributed by atoms with Crippen LogP contribution in [0.1, 0.15) is 31.9 Å². The summed E-state index contributed by atoms with van der Waals surface area (Å²) in [7, 11) is 1.54. The highest BCUT2D eigenvalue weighted by molar-refractivity contribution is 7.99. The minimum Gasteiger partial charge on any atom is -0.497 e. The molecule has 4 heteroatoms. The molecule has 0 aromatic heterocycles. The third kappa shape index (κ3) is 4.50. The molecule has 0 aliphatic heterocycles. The number of thioether (sulfide) groups is 1. The van der Waals surface area contributed by atoms with Gasteiger partial charge in [-0.2, -0.15) is 11.8 Å². The predicted octanol–water partition coefficient (Wildman–Crippen LogP) is 3.63. The molecule has 2 atom stereocenters. The molecule has 0 aliphatic rings. The zero-order valence-electron chi connectivity index (χ0n) is 11.5. The van der Waals surface area contributed by atoms with Crippen LogP contribution in [-0.2, 0) is 0 Å². The number of rotatable bonds is 7. The van der Waals surface area contributed by atoms with Crippen molar-refractivity contribution in [2.75, 3.05) is 19.9 Å². The van der Waals surface area contributed by atoms with Crippen LogP contribution in [0.5, 0.6) is 5.75 Å². The highest BCUT2D eigenvalue weighted by Crippen LogP contribution is 2.21. The van der Waals surface area contributed by atoms with Crippen LogP contribution in [0.25, 0.3) is 0 Å². The van der Waals surface area contributed by atoms with Crippen molar-refractivity contribution in [2.45, 2.75) is 31.6 Å². The summed E-state index contributed by atoms with van der Waals surface area (Å²) >= 11 is 1.85. The second kappa shape index (κ2) is 7.64. The maximum absolute atomic E-state index is 13.8. The van der Waals surface area contributed by atoms with E-state index in [1.807, 2.05) is 18.7 Å². The van der Waals surface area contributed by atoms with Crippen LogP contribution in [0.4, 0.5) is 4.39 Å². The maximum atomic E-state index is 13.8. The van der Waals surface area contributed by atoms with Gasteiger partial charge in [0.2, 0.25) is 0 Å². The number of halogens is 1. The van der Waals surface area contributed by atoms with Crippen molar-refractivity contribution in [1.82, 2.24) is 5.32 Å². The molecule has 0 saturated carbocycles. The smallest absolute Gasteiger partial charge is 0.131 e. The van der Waals surface area contributed by atoms with E-state index in [-0.39, 0.29) is 11.9 Å². The zero-order chi connectivity index (χ0) is 13.5. The SMILES string of the molecule is COc1ccc(C(C)NCCC(C)SC)c(F)c1. The summed E-state index contributed by atoms with van der Waals surface area (Å²) in [6.07, 6.45) is 3.19. The normalized spacial score (nSPS) is 14.3. The first-order valence-corrected chi connectivity index (χ1v) is 7.47. The Balaban J connectivity index is 2.53. The summed E-state index contributed by atoms with van der Waals surface area (Å²) in [5.41, 5.74) is 0.688. The highest BCUT2D eigenvalue weighted by Gasteiger charge is 2.11. The molecule has 18 heavy (non-hydrogen) atoms. The predicted molar refractivity (Wildman–Crippen MR) is 77.0 cm³/mol. The van der Waals surface area contributed by atoms with Gasteiger partial charge in [-0.15, -0.1) is 0 Å². The lowest BCUT2D eigenvalue weighted by atomic mass is 10.1. The van der Waals surface area contributed by atoms with Crippen LogP contribution >= 0.6 is 11.8 Å². The number of methoxy groups -OCH3 is 1. The molecule has 1 N–H and O–H groups in total. The summed E-state index contributed by atoms with van der Waals surface area (Å²) in [4.78, 5) is 0. The van der Waals surface area contributed by atoms with Gasteiger partial charge >= 0.3 is 0 Å². The van der Waals surface area contributed by atoms with Crippen LogP contribution in [0.2, 0.25) is 0 Å². The topological polar surface area (TPSA) is 21.3 Å². The quantitative estimate of drug-likeness (QED) is 0.818. The van der Waals surface area contributed by atoms with Crippen LogP contribution < -0.4 is 10.1 Å². The average molecular weight is 271 g/mol. The van der Waals surface area contributed by atoms with E-state index in [1.165, 1.54) is 6.07 Å². The Morgan fingerprint density at radius 3 is 2.67 bits per heavy atom. The van der Waals surface area contributed by atoms with Gasteiger partial charge < -0.3 is 10.1 Å². The Morgan fingerprint density at radius 2 is 2.11 bits per heavy atom. The Morgan fingerprint density at radius 1 is 1.39 bits per heavy atom. The minimum absolute atomic E-state index is 0.0185. The van der Waals surface area contributed by atoms with Gasteiger partial charge in [0, 0.05) is 22.9 Å². The van der Waals surface area contributed by atoms with Gasteiger partial charge in [0.15, 0.2) is 0 Å². The fourth-order valence-electron chi connectivity index (χ4n) is 1.72. The molecule has 0 aliphatic carbocycles. The van der Waals surface area contributed by atoms with E-state index in [9.17, 15) is 4.39 Å². The van der Waals surface area contributed by atoms with E-state index in [2.05, 4.69) is 18.5 Å². The summed E-state index contributed by atoms with van der Waals surface area (Å²) in [6.45, 7) is 5.08. The van der Waals surface area contributed by atoms with Crippen molar-refractivity contribution < 1.29 is 9.13 Å². The van der Waals surface area contributed by atoms with Crippen molar-refractivity contribution >= 4 is 11.8 Å². The molecule has 0 heterocycles. The lowest BCUT2D eigenvalue weighted by Crippen LogP contribution is -2.22. The second-order valence-corrected chi connectivity index (χ2v) is 5.67. The molecular formula is C14H22FNOS. The van der Waals surface area contributed by atoms with Crippen LogP contribution in [0, 0.1) is 5.82 Å². The lowest BCUT2D eigenvalue weighted by molar-refractivity contribution is 0.409. The van der Waals surface area contributed by atoms with Crippen LogP contribution in [-0.4, -0.2) is 25.2 Å². The molecule has 2 unspecified atom stereocenters. The van der Waals surface area contributed by atoms with Crippen molar-refractivity contribution in [3.63, 3.8) is 0 Å². The van der Waals surface area contributed by atoms with Gasteiger partial charge in [-0.05, 0) is 32.2 Å². The fourth-order valence-corrected chi connectivity index (χ4v) is 2.07. The molecule has 0 bridgehead atoms. The van der Waals surface area contributed by atoms with Gasteiger partial charge in [-0.25, -0.2) is 4.39 Å². The molecular weight excluding hydrogens is 249 g/mol. The fraction of sp³-hybridized carbons (Fsp3) is 0.571. The Bertz CT molecular complexity index is 373. The molecule has 2 nitrogen and oxygen atoms in total. The van der Waals surface area contributed by atoms with Crippen molar-refractivity contribution in [2.24, 2.45) is 0 Å². The van der Waals surface area contributed by atoms with Gasteiger partial charge in [0.05, 0.1) is 7.11 Å². The molecule has 0 spiro atoms. The van der Waals surface area contributed by atoms with Crippen LogP contribution in [0.3, 0.4) is 0 Å². The molecule has 1 aromatic rings. The van der Waals surface area contributed by atoms with Gasteiger partial charge in [0.1, 0.15) is 11.6 Å². The van der Waals surface area contributed by atoms with Gasteiger partial charge in [-0.1, -0.05) is 13.0 Å². The standard InChI is InChI=1S/C14H22FNOS/c1-10(18-4)7-8-16-11(2)13-6-5-12(17-3)9-14(13)15/h5-6,9-11,16H,7-8H2,1-4H3. The molecule has 1 aromatic carbocycles. The minimum atomic E-state index is -0.215. The number of ether oxygens (including phenoxy) is 1. The molecule has 0 amide bonds. The molecule has 0 fully saturated rings. The molecule has 102 valence electrons. The lowest BCUT2D eigenvalue weighted by Gasteiger charge is -2.17. The van der Waals surface area contributed by atoms with E-state index >= 15 is 0 Å². The molecule has 0 saturated heterocycles. The van der Waals surface area contributed by atoms with E-state index < -0.39 is 0 Å². The number of benzene rings is 1. The summed E-state index contributed by atoms with van der Waals surface area (Å²) < 4.78 is 18.8. The first-order chi connectivity index (χ1) is 8.58. The Labute approximate surface area is 113 Å². The van der Waals surface area contributed by atoms with E-state index in [4.69, 9.17) is 4.74 Å². The summed E-state index contributed by atoms with van der Waals surface area (Å²) in [6, 6.07) is 5.02. The van der Waals surface area contributed by atoms with Gasteiger partial charge in [-0.3, -0.25) is 0 Å². The first kappa shape index (κ1) is 15.3. The third-order valence-electron chi connectivity index (χ3n) is 3.08. The number of nitrogens with one attached hydrogen (secondary N) is 1. The van der Waals surface area contributed by atoms with Crippen molar-refractivity contribution in [1.29, 1.82) is 0 Å². The molecule has 0 radical (unpaired) electrons. The van der Waals surface area contributed by atoms with E-state index in [0.29, 0.717) is 16.6 Å². The van der Waals surface area contributed by atoms with E-state index in [1.54, 1.807) is 19.2 Å². The Hall–Kier alpha value is -0.740.